The van der Waals surface area contributed by atoms with Crippen LogP contribution in [-0.2, 0) is 10.8 Å². The first-order valence-electron chi connectivity index (χ1n) is 10.9. The molecule has 0 fully saturated rings. The molecule has 0 saturated carbocycles. The Kier molecular flexibility index (Phi) is 8.39. The Morgan fingerprint density at radius 1 is 0.750 bits per heavy atom. The lowest BCUT2D eigenvalue weighted by Crippen LogP contribution is -2.10. The van der Waals surface area contributed by atoms with E-state index in [1.54, 1.807) is 36.4 Å². The maximum absolute atomic E-state index is 13.3. The molecule has 0 aliphatic rings. The zero-order chi connectivity index (χ0) is 26.5. The van der Waals surface area contributed by atoms with Gasteiger partial charge < -0.3 is 14.5 Å². The first kappa shape index (κ1) is 26.8. The fraction of sp³-hybridized carbons (Fsp3) is 0.192. The van der Waals surface area contributed by atoms with Gasteiger partial charge in [-0.3, -0.25) is 0 Å². The summed E-state index contributed by atoms with van der Waals surface area (Å²) in [7, 11) is 4.37. The summed E-state index contributed by atoms with van der Waals surface area (Å²) in [6, 6.07) is 18.3. The van der Waals surface area contributed by atoms with E-state index in [1.807, 2.05) is 50.1 Å². The first-order valence-corrected chi connectivity index (χ1v) is 10.9. The number of benzene rings is 3. The van der Waals surface area contributed by atoms with Gasteiger partial charge in [0.15, 0.2) is 0 Å². The highest BCUT2D eigenvalue weighted by atomic mass is 19.4. The minimum absolute atomic E-state index is 0.127. The average molecular weight is 501 g/mol. The molecule has 0 aromatic heterocycles. The van der Waals surface area contributed by atoms with E-state index in [1.165, 1.54) is 18.2 Å². The maximum atomic E-state index is 13.3. The largest absolute Gasteiger partial charge is 0.796 e. The van der Waals surface area contributed by atoms with E-state index >= 15 is 0 Å². The summed E-state index contributed by atoms with van der Waals surface area (Å²) in [6.07, 6.45) is -3.12. The summed E-state index contributed by atoms with van der Waals surface area (Å²) in [4.78, 5) is 8.23. The molecule has 3 aromatic carbocycles. The predicted octanol–water partition coefficient (Wildman–Crippen LogP) is 6.94. The van der Waals surface area contributed by atoms with Crippen LogP contribution in [0.3, 0.4) is 0 Å². The van der Waals surface area contributed by atoms with Crippen molar-refractivity contribution in [2.45, 2.75) is 6.18 Å². The van der Waals surface area contributed by atoms with Crippen LogP contribution in [0.25, 0.3) is 5.76 Å². The van der Waals surface area contributed by atoms with E-state index in [4.69, 9.17) is 4.65 Å². The van der Waals surface area contributed by atoms with Crippen molar-refractivity contribution in [3.63, 3.8) is 0 Å². The van der Waals surface area contributed by atoms with Crippen LogP contribution in [0.2, 0.25) is 0 Å². The van der Waals surface area contributed by atoms with Crippen LogP contribution in [0.5, 0.6) is 0 Å². The number of hydrogen-bond acceptors (Lipinski definition) is 4. The third-order valence-corrected chi connectivity index (χ3v) is 5.28. The van der Waals surface area contributed by atoms with Crippen LogP contribution < -0.4 is 9.80 Å². The number of rotatable bonds is 8. The van der Waals surface area contributed by atoms with E-state index in [9.17, 15) is 21.8 Å². The molecule has 0 aliphatic carbocycles. The van der Waals surface area contributed by atoms with Gasteiger partial charge in [0.25, 0.3) is 0 Å². The molecule has 4 nitrogen and oxygen atoms in total. The van der Waals surface area contributed by atoms with Gasteiger partial charge in [-0.15, -0.1) is 0 Å². The second-order valence-corrected chi connectivity index (χ2v) is 8.31. The van der Waals surface area contributed by atoms with Gasteiger partial charge in [0, 0.05) is 56.8 Å². The summed E-state index contributed by atoms with van der Waals surface area (Å²) in [5.74, 6) is -0.127. The van der Waals surface area contributed by atoms with Crippen LogP contribution >= 0.6 is 0 Å². The van der Waals surface area contributed by atoms with E-state index < -0.39 is 19.2 Å². The molecule has 36 heavy (non-hydrogen) atoms. The van der Waals surface area contributed by atoms with Crippen LogP contribution in [0.1, 0.15) is 16.7 Å². The lowest BCUT2D eigenvalue weighted by Gasteiger charge is -2.15. The predicted molar refractivity (Wildman–Crippen MR) is 136 cm³/mol. The van der Waals surface area contributed by atoms with Gasteiger partial charge in [-0.25, -0.2) is 13.6 Å². The van der Waals surface area contributed by atoms with Crippen LogP contribution in [0, 0.1) is 0 Å². The molecule has 10 heteroatoms. The molecule has 3 rings (SSSR count). The topological polar surface area (TPSA) is 28.1 Å². The number of allylic oxidation sites excluding steroid dienone is 1. The van der Waals surface area contributed by atoms with Crippen molar-refractivity contribution < 1.29 is 26.5 Å². The van der Waals surface area contributed by atoms with Gasteiger partial charge >= 0.3 is 13.6 Å². The first-order chi connectivity index (χ1) is 16.9. The van der Waals surface area contributed by atoms with Crippen molar-refractivity contribution in [3.8, 4) is 0 Å². The Hall–Kier alpha value is -3.82. The van der Waals surface area contributed by atoms with E-state index in [0.29, 0.717) is 11.1 Å². The molecule has 0 heterocycles. The molecular weight excluding hydrogens is 476 g/mol. The van der Waals surface area contributed by atoms with Crippen molar-refractivity contribution in [2.75, 3.05) is 38.0 Å². The lowest BCUT2D eigenvalue weighted by molar-refractivity contribution is -0.137. The second kappa shape index (κ2) is 11.3. The van der Waals surface area contributed by atoms with Gasteiger partial charge in [0.2, 0.25) is 0 Å². The molecule has 0 aliphatic heterocycles. The fourth-order valence-corrected chi connectivity index (χ4v) is 3.30. The van der Waals surface area contributed by atoms with E-state index in [2.05, 4.69) is 4.99 Å². The van der Waals surface area contributed by atoms with E-state index in [-0.39, 0.29) is 17.2 Å². The third-order valence-electron chi connectivity index (χ3n) is 5.28. The third kappa shape index (κ3) is 7.10. The molecular formula is C26H25BF5N3O. The number of nitrogens with zero attached hydrogens (tertiary/aromatic N) is 3. The highest BCUT2D eigenvalue weighted by molar-refractivity contribution is 6.36. The highest BCUT2D eigenvalue weighted by Gasteiger charge is 2.30. The van der Waals surface area contributed by atoms with Crippen molar-refractivity contribution in [3.05, 3.63) is 95.6 Å². The summed E-state index contributed by atoms with van der Waals surface area (Å²) in [5.41, 5.74) is 2.40. The molecule has 0 spiro atoms. The minimum atomic E-state index is -4.48. The molecule has 0 radical (unpaired) electrons. The second-order valence-electron chi connectivity index (χ2n) is 8.31. The van der Waals surface area contributed by atoms with E-state index in [0.717, 1.165) is 23.5 Å². The normalized spacial score (nSPS) is 12.4. The Morgan fingerprint density at radius 2 is 1.22 bits per heavy atom. The summed E-state index contributed by atoms with van der Waals surface area (Å²) < 4.78 is 70.4. The van der Waals surface area contributed by atoms with Crippen molar-refractivity contribution in [2.24, 2.45) is 4.99 Å². The smallest absolute Gasteiger partial charge is 0.505 e. The Morgan fingerprint density at radius 3 is 1.64 bits per heavy atom. The van der Waals surface area contributed by atoms with Crippen LogP contribution in [0.4, 0.5) is 38.9 Å². The number of aliphatic imine (C=N–C) groups is 1. The number of anilines is 2. The van der Waals surface area contributed by atoms with Gasteiger partial charge in [-0.1, -0.05) is 12.1 Å². The monoisotopic (exact) mass is 501 g/mol. The lowest BCUT2D eigenvalue weighted by atomic mass is 10.0. The molecule has 0 atom stereocenters. The molecule has 0 saturated heterocycles. The molecule has 0 amide bonds. The van der Waals surface area contributed by atoms with Gasteiger partial charge in [-0.05, 0) is 60.7 Å². The number of halogens is 5. The Labute approximate surface area is 207 Å². The Bertz CT molecular complexity index is 1200. The fourth-order valence-electron chi connectivity index (χ4n) is 3.30. The summed E-state index contributed by atoms with van der Waals surface area (Å²) in [5, 5.41) is 0. The zero-order valence-electron chi connectivity index (χ0n) is 20.2. The van der Waals surface area contributed by atoms with Gasteiger partial charge in [-0.2, -0.15) is 13.2 Å². The quantitative estimate of drug-likeness (QED) is 0.145. The van der Waals surface area contributed by atoms with Crippen molar-refractivity contribution in [1.82, 2.24) is 0 Å². The number of alkyl halides is 3. The highest BCUT2D eigenvalue weighted by Crippen LogP contribution is 2.31. The Balaban J connectivity index is 2.12. The average Bonchev–Trinajstić information content (AvgIpc) is 2.82. The van der Waals surface area contributed by atoms with Crippen LogP contribution in [0.15, 0.2) is 83.9 Å². The van der Waals surface area contributed by atoms with Gasteiger partial charge in [0.05, 0.1) is 17.0 Å². The summed E-state index contributed by atoms with van der Waals surface area (Å²) in [6.45, 7) is 0. The standard InChI is InChI=1S/C26H25BF5N3O/c1-34(2)22-13-5-18(6-14-22)24(33-21-11-9-20(10-12-21)26(28,29)30)17-25(36-27(31)32)19-7-15-23(16-8-19)35(3)4/h5-17H,1-4H3/b25-17-,33-24?. The SMILES string of the molecule is CN(C)c1ccc(C(/C=C(\OB(F)F)c2ccc(N(C)C)cc2)=Nc2ccc(C(F)(F)F)cc2)cc1. The molecule has 0 unspecified atom stereocenters. The van der Waals surface area contributed by atoms with Gasteiger partial charge in [0.1, 0.15) is 5.76 Å². The molecule has 0 bridgehead atoms. The van der Waals surface area contributed by atoms with Crippen molar-refractivity contribution in [1.29, 1.82) is 0 Å². The molecule has 188 valence electrons. The van der Waals surface area contributed by atoms with Crippen LogP contribution in [-0.4, -0.2) is 41.4 Å². The van der Waals surface area contributed by atoms with Crippen molar-refractivity contribution >= 4 is 36.0 Å². The number of hydrogen-bond donors (Lipinski definition) is 0. The summed E-state index contributed by atoms with van der Waals surface area (Å²) >= 11 is 0. The maximum Gasteiger partial charge on any atom is 0.796 e. The zero-order valence-corrected chi connectivity index (χ0v) is 20.2. The minimum Gasteiger partial charge on any atom is -0.505 e. The molecule has 3 aromatic rings. The molecule has 0 N–H and O–H groups in total.